The summed E-state index contributed by atoms with van der Waals surface area (Å²) in [7, 11) is 0. The minimum atomic E-state index is 0.303. The highest BCUT2D eigenvalue weighted by Crippen LogP contribution is 2.43. The Kier molecular flexibility index (Phi) is 4.98. The molecule has 2 aliphatic carbocycles. The summed E-state index contributed by atoms with van der Waals surface area (Å²) in [6.07, 6.45) is 9.19. The van der Waals surface area contributed by atoms with Crippen LogP contribution in [0.2, 0.25) is 0 Å². The number of nitrogens with zero attached hydrogens (tertiary/aromatic N) is 4. The first-order valence-electron chi connectivity index (χ1n) is 13.3. The van der Waals surface area contributed by atoms with Crippen LogP contribution in [-0.2, 0) is 6.54 Å². The van der Waals surface area contributed by atoms with Crippen molar-refractivity contribution in [3.8, 4) is 16.9 Å². The first-order valence-corrected chi connectivity index (χ1v) is 13.3. The second-order valence-corrected chi connectivity index (χ2v) is 11.4. The first-order chi connectivity index (χ1) is 17.4. The fourth-order valence-electron chi connectivity index (χ4n) is 6.19. The van der Waals surface area contributed by atoms with Crippen LogP contribution in [0.4, 0.5) is 5.95 Å². The molecule has 1 saturated heterocycles. The Hall–Kier alpha value is -3.22. The minimum absolute atomic E-state index is 0.303. The van der Waals surface area contributed by atoms with Crippen LogP contribution >= 0.6 is 0 Å². The number of fused-ring (bicyclic) bond motifs is 1. The number of benzene rings is 2. The number of hydrogen-bond donors (Lipinski definition) is 2. The third-order valence-electron chi connectivity index (χ3n) is 8.11. The fraction of sp³-hybridized carbons (Fsp3) is 0.400. The summed E-state index contributed by atoms with van der Waals surface area (Å²) in [5.74, 6) is 1.00. The number of nitrogens with one attached hydrogen (secondary N) is 1. The highest BCUT2D eigenvalue weighted by molar-refractivity contribution is 5.96. The van der Waals surface area contributed by atoms with E-state index < -0.39 is 0 Å². The van der Waals surface area contributed by atoms with Gasteiger partial charge in [0.15, 0.2) is 0 Å². The lowest BCUT2D eigenvalue weighted by molar-refractivity contribution is 0.149. The van der Waals surface area contributed by atoms with Gasteiger partial charge < -0.3 is 15.6 Å². The molecule has 3 aliphatic rings. The number of rotatable bonds is 5. The summed E-state index contributed by atoms with van der Waals surface area (Å²) in [5, 5.41) is 5.03. The highest BCUT2D eigenvalue weighted by Gasteiger charge is 2.47. The van der Waals surface area contributed by atoms with Crippen molar-refractivity contribution in [3.05, 3.63) is 71.5 Å². The Morgan fingerprint density at radius 2 is 1.97 bits per heavy atom. The molecule has 2 saturated carbocycles. The van der Waals surface area contributed by atoms with Gasteiger partial charge >= 0.3 is 0 Å². The van der Waals surface area contributed by atoms with Crippen LogP contribution in [0.15, 0.2) is 54.9 Å². The van der Waals surface area contributed by atoms with E-state index in [-0.39, 0.29) is 0 Å². The zero-order valence-corrected chi connectivity index (χ0v) is 21.2. The third-order valence-corrected chi connectivity index (χ3v) is 8.11. The molecule has 3 N–H and O–H groups in total. The summed E-state index contributed by atoms with van der Waals surface area (Å²) in [4.78, 5) is 11.3. The molecule has 1 aliphatic heterocycles. The maximum atomic E-state index is 5.95. The summed E-state index contributed by atoms with van der Waals surface area (Å²) in [6.45, 7) is 7.76. The molecule has 1 unspecified atom stereocenters. The number of nitrogen functional groups attached to an aromatic ring is 1. The lowest BCUT2D eigenvalue weighted by atomic mass is 10.0. The SMILES string of the molecule is Cc1ccc2c(-c3ccnc(N)n3)cn(-c3cc(CN4CC(C)NC5(CC5)C4)cc(C4CC4)c3)c2c1. The standard InChI is InChI=1S/C30H34N6/c1-19-3-6-25-26(27-7-10-32-29(31)33-27)17-36(28(25)11-19)24-13-21(12-23(14-24)22-4-5-22)16-35-15-20(2)34-30(18-35)8-9-30/h3,6-7,10-14,17,20,22,34H,4-5,8-9,15-16,18H2,1-2H3,(H2,31,32,33). The smallest absolute Gasteiger partial charge is 0.220 e. The van der Waals surface area contributed by atoms with E-state index in [1.54, 1.807) is 6.20 Å². The molecule has 0 bridgehead atoms. The molecule has 3 fully saturated rings. The molecule has 6 nitrogen and oxygen atoms in total. The van der Waals surface area contributed by atoms with Crippen molar-refractivity contribution in [2.45, 2.75) is 63.6 Å². The number of hydrogen-bond acceptors (Lipinski definition) is 5. The van der Waals surface area contributed by atoms with Gasteiger partial charge in [-0.1, -0.05) is 18.2 Å². The van der Waals surface area contributed by atoms with Crippen molar-refractivity contribution in [2.24, 2.45) is 0 Å². The molecule has 1 spiro atoms. The molecule has 184 valence electrons. The van der Waals surface area contributed by atoms with E-state index >= 15 is 0 Å². The normalized spacial score (nSPS) is 21.3. The first kappa shape index (κ1) is 22.0. The van der Waals surface area contributed by atoms with Gasteiger partial charge in [-0.3, -0.25) is 4.90 Å². The molecule has 4 aromatic rings. The number of piperazine rings is 1. The van der Waals surface area contributed by atoms with Crippen LogP contribution in [0, 0.1) is 6.92 Å². The summed E-state index contributed by atoms with van der Waals surface area (Å²) in [6, 6.07) is 16.4. The van der Waals surface area contributed by atoms with Gasteiger partial charge in [0, 0.05) is 60.2 Å². The Morgan fingerprint density at radius 1 is 1.11 bits per heavy atom. The number of aromatic nitrogens is 3. The monoisotopic (exact) mass is 478 g/mol. The van der Waals surface area contributed by atoms with Gasteiger partial charge in [-0.05, 0) is 86.4 Å². The third kappa shape index (κ3) is 4.08. The molecule has 2 aromatic heterocycles. The summed E-state index contributed by atoms with van der Waals surface area (Å²) >= 11 is 0. The Labute approximate surface area is 212 Å². The molecule has 0 amide bonds. The van der Waals surface area contributed by atoms with Crippen LogP contribution in [0.5, 0.6) is 0 Å². The van der Waals surface area contributed by atoms with E-state index in [9.17, 15) is 0 Å². The van der Waals surface area contributed by atoms with Crippen LogP contribution in [0.1, 0.15) is 55.2 Å². The molecular formula is C30H34N6. The van der Waals surface area contributed by atoms with E-state index in [0.717, 1.165) is 30.9 Å². The van der Waals surface area contributed by atoms with E-state index in [0.29, 0.717) is 23.4 Å². The second-order valence-electron chi connectivity index (χ2n) is 11.4. The maximum Gasteiger partial charge on any atom is 0.220 e. The molecular weight excluding hydrogens is 444 g/mol. The zero-order valence-electron chi connectivity index (χ0n) is 21.2. The summed E-state index contributed by atoms with van der Waals surface area (Å²) in [5.41, 5.74) is 14.9. The largest absolute Gasteiger partial charge is 0.368 e. The fourth-order valence-corrected chi connectivity index (χ4v) is 6.19. The van der Waals surface area contributed by atoms with E-state index in [4.69, 9.17) is 5.73 Å². The molecule has 2 aromatic carbocycles. The predicted octanol–water partition coefficient (Wildman–Crippen LogP) is 5.18. The highest BCUT2D eigenvalue weighted by atomic mass is 15.3. The van der Waals surface area contributed by atoms with Crippen LogP contribution in [0.25, 0.3) is 27.8 Å². The van der Waals surface area contributed by atoms with E-state index in [1.807, 2.05) is 6.07 Å². The van der Waals surface area contributed by atoms with Gasteiger partial charge in [-0.15, -0.1) is 0 Å². The quantitative estimate of drug-likeness (QED) is 0.413. The number of nitrogens with two attached hydrogens (primary N) is 1. The van der Waals surface area contributed by atoms with Crippen LogP contribution < -0.4 is 11.1 Å². The molecule has 6 heteroatoms. The van der Waals surface area contributed by atoms with Crippen molar-refractivity contribution in [2.75, 3.05) is 18.8 Å². The Morgan fingerprint density at radius 3 is 2.75 bits per heavy atom. The van der Waals surface area contributed by atoms with Gasteiger partial charge in [0.25, 0.3) is 0 Å². The van der Waals surface area contributed by atoms with Gasteiger partial charge in [0.2, 0.25) is 5.95 Å². The minimum Gasteiger partial charge on any atom is -0.368 e. The van der Waals surface area contributed by atoms with Crippen LogP contribution in [-0.4, -0.2) is 44.1 Å². The van der Waals surface area contributed by atoms with Crippen molar-refractivity contribution >= 4 is 16.9 Å². The average molecular weight is 479 g/mol. The van der Waals surface area contributed by atoms with Gasteiger partial charge in [0.1, 0.15) is 0 Å². The van der Waals surface area contributed by atoms with Crippen molar-refractivity contribution in [3.63, 3.8) is 0 Å². The van der Waals surface area contributed by atoms with E-state index in [1.165, 1.54) is 59.0 Å². The Bertz CT molecular complexity index is 1460. The molecule has 3 heterocycles. The number of aryl methyl sites for hydroxylation is 1. The molecule has 1 atom stereocenters. The topological polar surface area (TPSA) is 72.0 Å². The lowest BCUT2D eigenvalue weighted by Gasteiger charge is -2.38. The Balaban J connectivity index is 1.32. The lowest BCUT2D eigenvalue weighted by Crippen LogP contribution is -2.56. The van der Waals surface area contributed by atoms with Crippen LogP contribution in [0.3, 0.4) is 0 Å². The number of anilines is 1. The maximum absolute atomic E-state index is 5.95. The van der Waals surface area contributed by atoms with Gasteiger partial charge in [-0.2, -0.15) is 0 Å². The summed E-state index contributed by atoms with van der Waals surface area (Å²) < 4.78 is 2.36. The van der Waals surface area contributed by atoms with E-state index in [2.05, 4.69) is 81.2 Å². The van der Waals surface area contributed by atoms with Crippen molar-refractivity contribution in [1.29, 1.82) is 0 Å². The predicted molar refractivity (Wildman–Crippen MR) is 145 cm³/mol. The van der Waals surface area contributed by atoms with Gasteiger partial charge in [-0.25, -0.2) is 9.97 Å². The average Bonchev–Trinajstić information content (AvgIpc) is 3.77. The van der Waals surface area contributed by atoms with Crippen molar-refractivity contribution < 1.29 is 0 Å². The zero-order chi connectivity index (χ0) is 24.4. The van der Waals surface area contributed by atoms with Crippen molar-refractivity contribution in [1.82, 2.24) is 24.8 Å². The molecule has 36 heavy (non-hydrogen) atoms. The molecule has 0 radical (unpaired) electrons. The molecule has 7 rings (SSSR count). The second kappa shape index (κ2) is 8.15. The van der Waals surface area contributed by atoms with Gasteiger partial charge in [0.05, 0.1) is 11.2 Å².